The lowest BCUT2D eigenvalue weighted by Crippen LogP contribution is -2.71. The van der Waals surface area contributed by atoms with E-state index >= 15 is 0 Å². The number of hydrogen-bond acceptors (Lipinski definition) is 11. The molecule has 3 heterocycles. The van der Waals surface area contributed by atoms with Crippen LogP contribution < -0.4 is 27.2 Å². The minimum absolute atomic E-state index is 0.0371. The standard InChI is InChI=1S/C38H45N7O9S/c1-20(46)41-28(7-5-6-18-39)33(50)44(21(2)47)25-13-8-22(9-14-25)27-17-12-24(32(49)42-27)19-43(34(51)29(40)23-10-15-26(48)16-11-23)30-35(52)45-31(37(53)54)38(3,4)55-36(30)45/h8-17,28-31,36,48H,5-7,18-19,39-40H2,1-4H3,(H,41,46)(H,42,49)(H,53,54)/t28-,29?,30+,31-,36+/m0/s1. The van der Waals surface area contributed by atoms with Gasteiger partial charge in [0.1, 0.15) is 35.3 Å². The molecule has 16 nitrogen and oxygen atoms in total. The maximum atomic E-state index is 14.1. The van der Waals surface area contributed by atoms with Crippen molar-refractivity contribution in [3.8, 4) is 17.0 Å². The first-order valence-electron chi connectivity index (χ1n) is 17.7. The van der Waals surface area contributed by atoms with E-state index in [0.717, 1.165) is 4.90 Å². The SMILES string of the molecule is CC(=O)N[C@@H](CCCCN)C(=O)N(C(C)=O)c1ccc(-c2ccc(CN(C(=O)C(N)c3ccc(O)cc3)[C@@H]3C(=O)N4[C@@H]3SC(C)(C)[C@@H]4C(=O)O)c(=O)[nH]2)cc1. The van der Waals surface area contributed by atoms with Crippen LogP contribution in [0.2, 0.25) is 0 Å². The van der Waals surface area contributed by atoms with Crippen molar-refractivity contribution in [3.05, 3.63) is 82.1 Å². The second kappa shape index (κ2) is 16.5. The van der Waals surface area contributed by atoms with Crippen LogP contribution in [-0.4, -0.2) is 95.3 Å². The van der Waals surface area contributed by atoms with Crippen molar-refractivity contribution < 1.29 is 39.0 Å². The van der Waals surface area contributed by atoms with Crippen molar-refractivity contribution >= 4 is 53.0 Å². The Morgan fingerprint density at radius 3 is 2.18 bits per heavy atom. The van der Waals surface area contributed by atoms with Crippen LogP contribution in [-0.2, 0) is 35.3 Å². The predicted molar refractivity (Wildman–Crippen MR) is 204 cm³/mol. The lowest BCUT2D eigenvalue weighted by atomic mass is 9.94. The number of aromatic nitrogens is 1. The third-order valence-corrected chi connectivity index (χ3v) is 11.3. The molecule has 292 valence electrons. The smallest absolute Gasteiger partial charge is 0.327 e. The van der Waals surface area contributed by atoms with Gasteiger partial charge in [0.05, 0.1) is 12.2 Å². The molecule has 1 unspecified atom stereocenters. The zero-order chi connectivity index (χ0) is 40.4. The van der Waals surface area contributed by atoms with Gasteiger partial charge in [-0.15, -0.1) is 11.8 Å². The van der Waals surface area contributed by atoms with Gasteiger partial charge in [-0.25, -0.2) is 9.69 Å². The van der Waals surface area contributed by atoms with E-state index in [-0.39, 0.29) is 23.5 Å². The zero-order valence-corrected chi connectivity index (χ0v) is 31.7. The third kappa shape index (κ3) is 8.43. The molecule has 3 aromatic rings. The van der Waals surface area contributed by atoms with E-state index in [4.69, 9.17) is 11.5 Å². The number of aromatic hydroxyl groups is 1. The normalized spacial score (nSPS) is 19.4. The van der Waals surface area contributed by atoms with E-state index < -0.39 is 75.4 Å². The van der Waals surface area contributed by atoms with Gasteiger partial charge in [-0.05, 0) is 87.2 Å². The fourth-order valence-electron chi connectivity index (χ4n) is 6.98. The topological polar surface area (TPSA) is 250 Å². The molecule has 2 aliphatic rings. The summed E-state index contributed by atoms with van der Waals surface area (Å²) < 4.78 is -0.865. The maximum Gasteiger partial charge on any atom is 0.327 e. The minimum atomic E-state index is -1.27. The van der Waals surface area contributed by atoms with Gasteiger partial charge in [-0.1, -0.05) is 24.3 Å². The molecular weight excluding hydrogens is 731 g/mol. The first kappa shape index (κ1) is 40.7. The van der Waals surface area contributed by atoms with Crippen LogP contribution in [0, 0.1) is 0 Å². The van der Waals surface area contributed by atoms with Gasteiger partial charge < -0.3 is 41.8 Å². The van der Waals surface area contributed by atoms with Crippen molar-refractivity contribution in [2.75, 3.05) is 11.4 Å². The van der Waals surface area contributed by atoms with Crippen molar-refractivity contribution in [1.29, 1.82) is 0 Å². The van der Waals surface area contributed by atoms with Crippen LogP contribution in [0.1, 0.15) is 64.1 Å². The second-order valence-electron chi connectivity index (χ2n) is 14.1. The zero-order valence-electron chi connectivity index (χ0n) is 30.9. The lowest BCUT2D eigenvalue weighted by molar-refractivity contribution is -0.169. The molecule has 2 aliphatic heterocycles. The number of imide groups is 1. The van der Waals surface area contributed by atoms with Crippen LogP contribution in [0.15, 0.2) is 65.5 Å². The number of carboxylic acids is 1. The monoisotopic (exact) mass is 775 g/mol. The summed E-state index contributed by atoms with van der Waals surface area (Å²) in [5.74, 6) is -4.03. The summed E-state index contributed by atoms with van der Waals surface area (Å²) in [5.41, 5.74) is 13.0. The van der Waals surface area contributed by atoms with Crippen molar-refractivity contribution in [1.82, 2.24) is 20.1 Å². The van der Waals surface area contributed by atoms with Crippen LogP contribution in [0.25, 0.3) is 11.3 Å². The highest BCUT2D eigenvalue weighted by Gasteiger charge is 2.66. The number of phenols is 1. The number of anilines is 1. The molecule has 0 saturated carbocycles. The van der Waals surface area contributed by atoms with Crippen molar-refractivity contribution in [2.24, 2.45) is 11.5 Å². The quantitative estimate of drug-likeness (QED) is 0.101. The molecule has 1 aromatic heterocycles. The number of nitrogens with one attached hydrogen (secondary N) is 2. The molecule has 0 aliphatic carbocycles. The summed E-state index contributed by atoms with van der Waals surface area (Å²) in [5, 5.41) is 21.6. The Balaban J connectivity index is 1.41. The number of nitrogens with two attached hydrogens (primary N) is 2. The molecule has 55 heavy (non-hydrogen) atoms. The number of rotatable bonds is 14. The second-order valence-corrected chi connectivity index (χ2v) is 15.9. The van der Waals surface area contributed by atoms with Crippen molar-refractivity contribution in [3.63, 3.8) is 0 Å². The number of carboxylic acid groups (broad SMARTS) is 1. The lowest BCUT2D eigenvalue weighted by Gasteiger charge is -2.48. The van der Waals surface area contributed by atoms with E-state index in [2.05, 4.69) is 10.3 Å². The number of β-lactam (4-membered cyclic amide) rings is 1. The van der Waals surface area contributed by atoms with Gasteiger partial charge in [0.2, 0.25) is 23.6 Å². The summed E-state index contributed by atoms with van der Waals surface area (Å²) in [7, 11) is 0. The van der Waals surface area contributed by atoms with E-state index in [1.165, 1.54) is 77.9 Å². The first-order valence-corrected chi connectivity index (χ1v) is 18.6. The van der Waals surface area contributed by atoms with Gasteiger partial charge in [0, 0.05) is 29.9 Å². The fraction of sp³-hybridized carbons (Fsp3) is 0.395. The van der Waals surface area contributed by atoms with Crippen molar-refractivity contribution in [2.45, 2.75) is 87.8 Å². The largest absolute Gasteiger partial charge is 0.508 e. The first-order chi connectivity index (χ1) is 26.0. The number of aromatic amines is 1. The fourth-order valence-corrected chi connectivity index (χ4v) is 8.68. The highest BCUT2D eigenvalue weighted by molar-refractivity contribution is 8.01. The molecule has 0 spiro atoms. The molecular formula is C38H45N7O9S. The highest BCUT2D eigenvalue weighted by atomic mass is 32.2. The van der Waals surface area contributed by atoms with Crippen LogP contribution in [0.3, 0.4) is 0 Å². The number of nitrogens with zero attached hydrogens (tertiary/aromatic N) is 3. The van der Waals surface area contributed by atoms with Crippen LogP contribution >= 0.6 is 11.8 Å². The highest BCUT2D eigenvalue weighted by Crippen LogP contribution is 2.52. The number of carbonyl (C=O) groups excluding carboxylic acids is 5. The average molecular weight is 776 g/mol. The number of aliphatic carboxylic acids is 1. The maximum absolute atomic E-state index is 14.1. The molecule has 2 fully saturated rings. The molecule has 0 bridgehead atoms. The molecule has 0 radical (unpaired) electrons. The summed E-state index contributed by atoms with van der Waals surface area (Å²) in [4.78, 5) is 97.7. The van der Waals surface area contributed by atoms with E-state index in [1.54, 1.807) is 32.0 Å². The molecule has 5 rings (SSSR count). The number of phenolic OH excluding ortho intramolecular Hbond substituents is 1. The molecule has 8 N–H and O–H groups in total. The number of benzene rings is 2. The number of thioether (sulfide) groups is 1. The number of pyridine rings is 1. The number of hydrogen-bond donors (Lipinski definition) is 6. The number of amides is 5. The van der Waals surface area contributed by atoms with Gasteiger partial charge >= 0.3 is 5.97 Å². The van der Waals surface area contributed by atoms with Gasteiger partial charge in [-0.3, -0.25) is 28.8 Å². The Bertz CT molecular complexity index is 2040. The number of carbonyl (C=O) groups is 6. The van der Waals surface area contributed by atoms with Gasteiger partial charge in [-0.2, -0.15) is 0 Å². The van der Waals surface area contributed by atoms with Crippen LogP contribution in [0.4, 0.5) is 5.69 Å². The Morgan fingerprint density at radius 1 is 0.964 bits per heavy atom. The molecule has 5 atom stereocenters. The van der Waals surface area contributed by atoms with Crippen LogP contribution in [0.5, 0.6) is 5.75 Å². The third-order valence-electron chi connectivity index (χ3n) is 9.71. The summed E-state index contributed by atoms with van der Waals surface area (Å²) in [6.07, 6.45) is 1.50. The predicted octanol–water partition coefficient (Wildman–Crippen LogP) is 1.80. The average Bonchev–Trinajstić information content (AvgIpc) is 3.38. The Kier molecular flexibility index (Phi) is 12.2. The Hall–Kier alpha value is -5.52. The Labute approximate surface area is 321 Å². The number of fused-ring (bicyclic) bond motifs is 1. The minimum Gasteiger partial charge on any atom is -0.508 e. The Morgan fingerprint density at radius 2 is 1.62 bits per heavy atom. The molecule has 17 heteroatoms. The number of H-pyrrole nitrogens is 1. The van der Waals surface area contributed by atoms with Gasteiger partial charge in [0.25, 0.3) is 11.5 Å². The van der Waals surface area contributed by atoms with E-state index in [0.29, 0.717) is 42.6 Å². The summed E-state index contributed by atoms with van der Waals surface area (Å²) >= 11 is 1.25. The molecule has 2 saturated heterocycles. The van der Waals surface area contributed by atoms with E-state index in [9.17, 15) is 43.8 Å². The van der Waals surface area contributed by atoms with E-state index in [1.807, 2.05) is 0 Å². The molecule has 2 aromatic carbocycles. The van der Waals surface area contributed by atoms with Gasteiger partial charge in [0.15, 0.2) is 0 Å². The molecule has 5 amide bonds. The number of unbranched alkanes of at least 4 members (excludes halogenated alkanes) is 1. The summed E-state index contributed by atoms with van der Waals surface area (Å²) in [6, 6.07) is 10.7. The summed E-state index contributed by atoms with van der Waals surface area (Å²) in [6.45, 7) is 6.05.